The van der Waals surface area contributed by atoms with Crippen molar-refractivity contribution in [3.63, 3.8) is 0 Å². The molecule has 0 amide bonds. The summed E-state index contributed by atoms with van der Waals surface area (Å²) in [7, 11) is 2.17. The third-order valence-electron chi connectivity index (χ3n) is 14.0. The summed E-state index contributed by atoms with van der Waals surface area (Å²) in [6.07, 6.45) is 0. The summed E-state index contributed by atoms with van der Waals surface area (Å²) in [6.45, 7) is 0. The summed E-state index contributed by atoms with van der Waals surface area (Å²) >= 11 is 0. The molecule has 11 aromatic rings. The van der Waals surface area contributed by atoms with E-state index in [1.807, 2.05) is 0 Å². The Morgan fingerprint density at radius 3 is 1.35 bits per heavy atom. The van der Waals surface area contributed by atoms with E-state index in [1.54, 1.807) is 0 Å². The Bertz CT molecular complexity index is 3570. The van der Waals surface area contributed by atoms with Gasteiger partial charge in [-0.1, -0.05) is 158 Å². The maximum Gasteiger partial charge on any atom is 0.0727 e. The molecule has 1 heterocycles. The van der Waals surface area contributed by atoms with Crippen molar-refractivity contribution in [1.82, 2.24) is 4.57 Å². The van der Waals surface area contributed by atoms with E-state index in [9.17, 15) is 0 Å². The van der Waals surface area contributed by atoms with E-state index in [4.69, 9.17) is 0 Å². The van der Waals surface area contributed by atoms with Crippen molar-refractivity contribution >= 4 is 55.9 Å². The fourth-order valence-corrected chi connectivity index (χ4v) is 11.2. The Kier molecular flexibility index (Phi) is 8.34. The van der Waals surface area contributed by atoms with E-state index in [1.165, 1.54) is 77.4 Å². The van der Waals surface area contributed by atoms with E-state index >= 15 is 0 Å². The minimum absolute atomic E-state index is 0.569. The molecule has 2 aliphatic carbocycles. The molecule has 2 aliphatic rings. The second-order valence-corrected chi connectivity index (χ2v) is 17.3. The van der Waals surface area contributed by atoms with Gasteiger partial charge in [0.25, 0.3) is 0 Å². The van der Waals surface area contributed by atoms with Crippen molar-refractivity contribution in [2.24, 2.45) is 7.05 Å². The first kappa shape index (κ1) is 37.2. The Labute approximate surface area is 379 Å². The highest BCUT2D eigenvalue weighted by molar-refractivity contribution is 6.09. The number of aromatic nitrogens is 1. The largest absolute Gasteiger partial charge is 0.344 e. The summed E-state index contributed by atoms with van der Waals surface area (Å²) in [5, 5.41) is 2.49. The maximum absolute atomic E-state index is 2.50. The molecule has 1 aromatic heterocycles. The average molecular weight is 830 g/mol. The van der Waals surface area contributed by atoms with E-state index in [2.05, 4.69) is 264 Å². The Balaban J connectivity index is 1.07. The molecule has 306 valence electrons. The van der Waals surface area contributed by atoms with Crippen LogP contribution in [0.5, 0.6) is 0 Å². The van der Waals surface area contributed by atoms with Crippen LogP contribution in [0, 0.1) is 0 Å². The van der Waals surface area contributed by atoms with Gasteiger partial charge in [-0.3, -0.25) is 0 Å². The molecule has 0 aliphatic heterocycles. The summed E-state index contributed by atoms with van der Waals surface area (Å²) in [6, 6.07) is 89.5. The van der Waals surface area contributed by atoms with Gasteiger partial charge >= 0.3 is 0 Å². The maximum atomic E-state index is 2.50. The lowest BCUT2D eigenvalue weighted by Gasteiger charge is -2.33. The standard InChI is InChI=1S/C62H43N3/c1-63-60-31-16-13-28-54(60)55-39-47(34-37-61(55)63)65(46-25-17-20-43(38-46)42-18-5-2-6-19-42)49-33-36-53-51-27-12-15-30-57(51)62(59(53)41-49)56-29-14-11-26-50(56)52-35-32-48(40-58(52)62)64(44-21-7-3-8-22-44)45-23-9-4-10-24-45/h2-41H,1H3. The normalized spacial score (nSPS) is 14.3. The van der Waals surface area contributed by atoms with E-state index in [0.29, 0.717) is 0 Å². The number of hydrogen-bond donors (Lipinski definition) is 0. The van der Waals surface area contributed by atoms with Crippen molar-refractivity contribution in [2.45, 2.75) is 5.41 Å². The molecule has 65 heavy (non-hydrogen) atoms. The van der Waals surface area contributed by atoms with Gasteiger partial charge in [-0.2, -0.15) is 0 Å². The molecule has 0 radical (unpaired) electrons. The number of aryl methyl sites for hydroxylation is 1. The summed E-state index contributed by atoms with van der Waals surface area (Å²) in [4.78, 5) is 4.86. The van der Waals surface area contributed by atoms with Crippen molar-refractivity contribution in [3.05, 3.63) is 265 Å². The predicted octanol–water partition coefficient (Wildman–Crippen LogP) is 16.3. The summed E-state index contributed by atoms with van der Waals surface area (Å²) in [5.74, 6) is 0. The second kappa shape index (κ2) is 14.6. The first-order valence-corrected chi connectivity index (χ1v) is 22.5. The van der Waals surface area contributed by atoms with Crippen molar-refractivity contribution in [3.8, 4) is 33.4 Å². The predicted molar refractivity (Wildman–Crippen MR) is 272 cm³/mol. The number of hydrogen-bond acceptors (Lipinski definition) is 2. The number of nitrogens with zero attached hydrogens (tertiary/aromatic N) is 3. The van der Waals surface area contributed by atoms with Gasteiger partial charge in [0.15, 0.2) is 0 Å². The monoisotopic (exact) mass is 829 g/mol. The Hall–Kier alpha value is -8.40. The SMILES string of the molecule is Cn1c2ccccc2c2cc(N(c3cccc(-c4ccccc4)c3)c3ccc4c(c3)C3(c5ccccc5-c5ccc(N(c6ccccc6)c6ccccc6)cc53)c3ccccc3-4)ccc21. The van der Waals surface area contributed by atoms with Crippen LogP contribution in [-0.4, -0.2) is 4.57 Å². The summed E-state index contributed by atoms with van der Waals surface area (Å²) in [5.41, 5.74) is 21.2. The van der Waals surface area contributed by atoms with E-state index < -0.39 is 5.41 Å². The molecule has 1 atom stereocenters. The number of anilines is 6. The van der Waals surface area contributed by atoms with Gasteiger partial charge in [-0.05, 0) is 141 Å². The molecule has 0 bridgehead atoms. The van der Waals surface area contributed by atoms with Gasteiger partial charge in [-0.25, -0.2) is 0 Å². The lowest BCUT2D eigenvalue weighted by molar-refractivity contribution is 0.793. The quantitative estimate of drug-likeness (QED) is 0.159. The van der Waals surface area contributed by atoms with Crippen LogP contribution >= 0.6 is 0 Å². The van der Waals surface area contributed by atoms with Gasteiger partial charge in [0, 0.05) is 63.0 Å². The van der Waals surface area contributed by atoms with Crippen LogP contribution in [0.15, 0.2) is 243 Å². The lowest BCUT2D eigenvalue weighted by Crippen LogP contribution is -2.26. The minimum atomic E-state index is -0.569. The zero-order valence-electron chi connectivity index (χ0n) is 35.9. The van der Waals surface area contributed by atoms with Crippen LogP contribution in [-0.2, 0) is 12.5 Å². The average Bonchev–Trinajstić information content (AvgIpc) is 3.95. The highest BCUT2D eigenvalue weighted by Crippen LogP contribution is 2.64. The fourth-order valence-electron chi connectivity index (χ4n) is 11.2. The first-order valence-electron chi connectivity index (χ1n) is 22.5. The number of para-hydroxylation sites is 3. The van der Waals surface area contributed by atoms with Gasteiger partial charge in [-0.15, -0.1) is 0 Å². The highest BCUT2D eigenvalue weighted by Gasteiger charge is 2.52. The highest BCUT2D eigenvalue weighted by atomic mass is 15.1. The molecule has 0 saturated carbocycles. The van der Waals surface area contributed by atoms with Crippen molar-refractivity contribution < 1.29 is 0 Å². The topological polar surface area (TPSA) is 11.4 Å². The number of fused-ring (bicyclic) bond motifs is 13. The van der Waals surface area contributed by atoms with Crippen LogP contribution in [0.1, 0.15) is 22.3 Å². The van der Waals surface area contributed by atoms with Crippen LogP contribution < -0.4 is 9.80 Å². The smallest absolute Gasteiger partial charge is 0.0727 e. The first-order chi connectivity index (χ1) is 32.2. The van der Waals surface area contributed by atoms with Gasteiger partial charge < -0.3 is 14.4 Å². The Morgan fingerprint density at radius 1 is 0.292 bits per heavy atom. The molecule has 10 aromatic carbocycles. The number of rotatable bonds is 7. The van der Waals surface area contributed by atoms with Gasteiger partial charge in [0.2, 0.25) is 0 Å². The molecule has 3 nitrogen and oxygen atoms in total. The number of benzene rings is 10. The summed E-state index contributed by atoms with van der Waals surface area (Å²) < 4.78 is 2.31. The molecule has 1 spiro atoms. The zero-order chi connectivity index (χ0) is 43.1. The zero-order valence-corrected chi connectivity index (χ0v) is 35.9. The van der Waals surface area contributed by atoms with Crippen LogP contribution in [0.4, 0.5) is 34.1 Å². The van der Waals surface area contributed by atoms with E-state index in [-0.39, 0.29) is 0 Å². The molecule has 13 rings (SSSR count). The van der Waals surface area contributed by atoms with Crippen LogP contribution in [0.25, 0.3) is 55.2 Å². The molecule has 0 saturated heterocycles. The molecule has 0 fully saturated rings. The van der Waals surface area contributed by atoms with Crippen molar-refractivity contribution in [2.75, 3.05) is 9.80 Å². The molecule has 0 N–H and O–H groups in total. The van der Waals surface area contributed by atoms with Crippen LogP contribution in [0.3, 0.4) is 0 Å². The molecular weight excluding hydrogens is 787 g/mol. The molecular formula is C62H43N3. The van der Waals surface area contributed by atoms with Crippen LogP contribution in [0.2, 0.25) is 0 Å². The third-order valence-corrected chi connectivity index (χ3v) is 14.0. The fraction of sp³-hybridized carbons (Fsp3) is 0.0323. The Morgan fingerprint density at radius 2 is 0.723 bits per heavy atom. The third kappa shape index (κ3) is 5.55. The minimum Gasteiger partial charge on any atom is -0.344 e. The second-order valence-electron chi connectivity index (χ2n) is 17.3. The van der Waals surface area contributed by atoms with Crippen molar-refractivity contribution in [1.29, 1.82) is 0 Å². The molecule has 1 unspecified atom stereocenters. The molecule has 3 heteroatoms. The van der Waals surface area contributed by atoms with E-state index in [0.717, 1.165) is 34.1 Å². The lowest BCUT2D eigenvalue weighted by atomic mass is 9.70. The van der Waals surface area contributed by atoms with Gasteiger partial charge in [0.1, 0.15) is 0 Å². The van der Waals surface area contributed by atoms with Gasteiger partial charge in [0.05, 0.1) is 5.41 Å².